The van der Waals surface area contributed by atoms with E-state index in [1.165, 1.54) is 19.2 Å². The third-order valence-corrected chi connectivity index (χ3v) is 2.46. The van der Waals surface area contributed by atoms with E-state index in [9.17, 15) is 4.39 Å². The van der Waals surface area contributed by atoms with E-state index in [1.54, 1.807) is 20.1 Å². The summed E-state index contributed by atoms with van der Waals surface area (Å²) in [6, 6.07) is 4.39. The largest absolute Gasteiger partial charge is 0.477 e. The van der Waals surface area contributed by atoms with Crippen molar-refractivity contribution in [1.82, 2.24) is 10.3 Å². The first-order chi connectivity index (χ1) is 9.65. The minimum absolute atomic E-state index is 0.0883. The monoisotopic (exact) mass is 273 g/mol. The highest BCUT2D eigenvalue weighted by Gasteiger charge is 2.18. The van der Waals surface area contributed by atoms with E-state index in [4.69, 9.17) is 10.00 Å². The molecule has 0 aliphatic rings. The van der Waals surface area contributed by atoms with Crippen LogP contribution >= 0.6 is 0 Å². The zero-order chi connectivity index (χ0) is 14.5. The van der Waals surface area contributed by atoms with Gasteiger partial charge in [-0.15, -0.1) is 0 Å². The molecule has 0 bridgehead atoms. The van der Waals surface area contributed by atoms with Gasteiger partial charge < -0.3 is 10.1 Å². The number of nitrogens with zero attached hydrogens (tertiary/aromatic N) is 4. The number of nitriles is 1. The minimum atomic E-state index is -0.324. The van der Waals surface area contributed by atoms with E-state index < -0.39 is 0 Å². The quantitative estimate of drug-likeness (QED) is 0.360. The predicted molar refractivity (Wildman–Crippen MR) is 71.2 cm³/mol. The fraction of sp³-hybridized carbons (Fsp3) is 0.0909. The second-order valence-corrected chi connectivity index (χ2v) is 3.77. The number of hydrogen-bond donors (Lipinski definition) is 1. The molecule has 0 saturated carbocycles. The van der Waals surface area contributed by atoms with Crippen LogP contribution in [0.4, 0.5) is 10.1 Å². The lowest BCUT2D eigenvalue weighted by Gasteiger charge is -2.07. The topological polar surface area (TPSA) is 96.3 Å². The van der Waals surface area contributed by atoms with E-state index in [1.807, 2.05) is 0 Å². The number of nitrogens with one attached hydrogen (secondary N) is 1. The van der Waals surface area contributed by atoms with E-state index in [0.29, 0.717) is 11.2 Å². The summed E-state index contributed by atoms with van der Waals surface area (Å²) in [5, 5.41) is 18.7. The van der Waals surface area contributed by atoms with Crippen LogP contribution in [0.3, 0.4) is 0 Å². The highest BCUT2D eigenvalue weighted by Crippen LogP contribution is 2.15. The molecule has 0 radical (unpaired) electrons. The van der Waals surface area contributed by atoms with Gasteiger partial charge in [0.25, 0.3) is 5.88 Å². The summed E-state index contributed by atoms with van der Waals surface area (Å²) in [4.78, 5) is 3.60. The third kappa shape index (κ3) is 2.75. The van der Waals surface area contributed by atoms with Crippen molar-refractivity contribution in [2.24, 2.45) is 4.99 Å². The maximum Gasteiger partial charge on any atom is 0.286 e. The molecule has 7 nitrogen and oxygen atoms in total. The van der Waals surface area contributed by atoms with Gasteiger partial charge in [0.15, 0.2) is 5.84 Å². The zero-order valence-corrected chi connectivity index (χ0v) is 10.7. The van der Waals surface area contributed by atoms with E-state index in [-0.39, 0.29) is 23.2 Å². The molecule has 2 aromatic rings. The van der Waals surface area contributed by atoms with Crippen LogP contribution < -0.4 is 15.5 Å². The molecule has 0 fully saturated rings. The first kappa shape index (κ1) is 13.5. The molecule has 1 aromatic carbocycles. The summed E-state index contributed by atoms with van der Waals surface area (Å²) in [6.07, 6.45) is 1.64. The zero-order valence-electron chi connectivity index (χ0n) is 10.7. The molecule has 0 aliphatic carbocycles. The third-order valence-electron chi connectivity index (χ3n) is 2.46. The summed E-state index contributed by atoms with van der Waals surface area (Å²) in [5.41, 5.74) is 1.15. The van der Waals surface area contributed by atoms with Gasteiger partial charge in [0.1, 0.15) is 13.7 Å². The highest BCUT2D eigenvalue weighted by atomic mass is 19.1. The molecular weight excluding hydrogens is 264 g/mol. The molecule has 0 saturated heterocycles. The first-order valence-electron chi connectivity index (χ1n) is 5.52. The lowest BCUT2D eigenvalue weighted by Crippen LogP contribution is -2.17. The summed E-state index contributed by atoms with van der Waals surface area (Å²) >= 11 is 0. The number of halogens is 1. The summed E-state index contributed by atoms with van der Waals surface area (Å²) in [7, 11) is 3.01. The van der Waals surface area contributed by atoms with Crippen LogP contribution in [-0.4, -0.2) is 31.1 Å². The molecular formula is C11H9BFN5O2. The molecule has 0 unspecified atom stereocenters. The van der Waals surface area contributed by atoms with Crippen molar-refractivity contribution in [2.45, 2.75) is 0 Å². The van der Waals surface area contributed by atoms with Gasteiger partial charge in [-0.1, -0.05) is 5.46 Å². The van der Waals surface area contributed by atoms with E-state index in [0.717, 1.165) is 0 Å². The molecule has 1 aromatic heterocycles. The van der Waals surface area contributed by atoms with Gasteiger partial charge in [-0.25, -0.2) is 9.02 Å². The standard InChI is InChI=1S/C11H9BFN5O2/c1-19-11-9(17-20-18-11)10(15-5-14)16-6-2-3-8(13)7(12)4-6/h2-4H,12H2,1H3,(H,15,16). The number of aliphatic imine (C=N–C) groups is 1. The number of amidine groups is 1. The predicted octanol–water partition coefficient (Wildman–Crippen LogP) is -0.185. The molecule has 2 rings (SSSR count). The van der Waals surface area contributed by atoms with E-state index in [2.05, 4.69) is 25.3 Å². The Morgan fingerprint density at radius 2 is 2.35 bits per heavy atom. The summed E-state index contributed by atoms with van der Waals surface area (Å²) in [6.45, 7) is 0. The van der Waals surface area contributed by atoms with Crippen LogP contribution in [0, 0.1) is 17.3 Å². The number of hydrogen-bond acceptors (Lipinski definition) is 6. The Kier molecular flexibility index (Phi) is 3.95. The Labute approximate surface area is 114 Å². The SMILES string of the molecule is Bc1cc(N/C(=N\C#N)c2nonc2OC)ccc1F. The smallest absolute Gasteiger partial charge is 0.286 e. The van der Waals surface area contributed by atoms with Crippen molar-refractivity contribution in [3.8, 4) is 12.1 Å². The Morgan fingerprint density at radius 1 is 1.55 bits per heavy atom. The van der Waals surface area contributed by atoms with Crippen LogP contribution in [-0.2, 0) is 0 Å². The van der Waals surface area contributed by atoms with Gasteiger partial charge in [-0.2, -0.15) is 10.3 Å². The molecule has 1 heterocycles. The Hall–Kier alpha value is -2.89. The molecule has 0 atom stereocenters. The normalized spacial score (nSPS) is 10.9. The van der Waals surface area contributed by atoms with Crippen LogP contribution in [0.2, 0.25) is 0 Å². The lowest BCUT2D eigenvalue weighted by molar-refractivity contribution is 0.281. The fourth-order valence-electron chi connectivity index (χ4n) is 1.51. The second-order valence-electron chi connectivity index (χ2n) is 3.77. The van der Waals surface area contributed by atoms with Crippen molar-refractivity contribution < 1.29 is 13.8 Å². The highest BCUT2D eigenvalue weighted by molar-refractivity contribution is 6.32. The summed E-state index contributed by atoms with van der Waals surface area (Å²) < 4.78 is 22.7. The maximum absolute atomic E-state index is 13.2. The van der Waals surface area contributed by atoms with Gasteiger partial charge in [0.2, 0.25) is 11.9 Å². The molecule has 0 spiro atoms. The Bertz CT molecular complexity index is 694. The minimum Gasteiger partial charge on any atom is -0.477 e. The number of methoxy groups -OCH3 is 1. The second kappa shape index (κ2) is 5.84. The first-order valence-corrected chi connectivity index (χ1v) is 5.52. The molecule has 100 valence electrons. The fourth-order valence-corrected chi connectivity index (χ4v) is 1.51. The van der Waals surface area contributed by atoms with Crippen molar-refractivity contribution in [2.75, 3.05) is 12.4 Å². The molecule has 20 heavy (non-hydrogen) atoms. The average molecular weight is 273 g/mol. The number of aromatic nitrogens is 2. The molecule has 9 heteroatoms. The lowest BCUT2D eigenvalue weighted by atomic mass is 9.95. The molecule has 1 N–H and O–H groups in total. The molecule has 0 aliphatic heterocycles. The van der Waals surface area contributed by atoms with Crippen LogP contribution in [0.15, 0.2) is 27.8 Å². The number of anilines is 1. The maximum atomic E-state index is 13.2. The Balaban J connectivity index is 2.34. The summed E-state index contributed by atoms with van der Waals surface area (Å²) in [5.74, 6) is -0.142. The van der Waals surface area contributed by atoms with Crippen LogP contribution in [0.5, 0.6) is 5.88 Å². The number of rotatable bonds is 3. The van der Waals surface area contributed by atoms with Crippen molar-refractivity contribution in [1.29, 1.82) is 5.26 Å². The van der Waals surface area contributed by atoms with Crippen molar-refractivity contribution >= 4 is 24.8 Å². The van der Waals surface area contributed by atoms with Gasteiger partial charge >= 0.3 is 0 Å². The van der Waals surface area contributed by atoms with Crippen LogP contribution in [0.25, 0.3) is 0 Å². The van der Waals surface area contributed by atoms with Crippen molar-refractivity contribution in [3.05, 3.63) is 29.7 Å². The van der Waals surface area contributed by atoms with Crippen molar-refractivity contribution in [3.63, 3.8) is 0 Å². The van der Waals surface area contributed by atoms with E-state index >= 15 is 0 Å². The van der Waals surface area contributed by atoms with Gasteiger partial charge in [-0.3, -0.25) is 0 Å². The number of benzene rings is 1. The van der Waals surface area contributed by atoms with Gasteiger partial charge in [0, 0.05) is 5.69 Å². The number of ether oxygens (including phenoxy) is 1. The Morgan fingerprint density at radius 3 is 3.00 bits per heavy atom. The van der Waals surface area contributed by atoms with Gasteiger partial charge in [0.05, 0.1) is 7.11 Å². The molecule has 0 amide bonds. The van der Waals surface area contributed by atoms with Crippen LogP contribution in [0.1, 0.15) is 5.69 Å². The van der Waals surface area contributed by atoms with Gasteiger partial charge in [-0.05, 0) is 28.5 Å². The average Bonchev–Trinajstić information content (AvgIpc) is 2.90.